The van der Waals surface area contributed by atoms with Crippen LogP contribution in [0.2, 0.25) is 0 Å². The Hall–Kier alpha value is -0.890. The molecule has 1 N–H and O–H groups in total. The first-order valence-electron chi connectivity index (χ1n) is 6.28. The minimum Gasteiger partial charge on any atom is -0.317 e. The molecule has 1 aliphatic heterocycles. The van der Waals surface area contributed by atoms with Gasteiger partial charge in [-0.05, 0) is 55.8 Å². The Labute approximate surface area is 97.1 Å². The first kappa shape index (κ1) is 11.6. The molecule has 1 aromatic rings. The highest BCUT2D eigenvalue weighted by Crippen LogP contribution is 2.34. The molecular weight excluding hydrogens is 201 g/mol. The molecule has 0 bridgehead atoms. The minimum absolute atomic E-state index is 0.0344. The Balaban J connectivity index is 2.18. The predicted octanol–water partition coefficient (Wildman–Crippen LogP) is 3.32. The van der Waals surface area contributed by atoms with Crippen molar-refractivity contribution in [3.63, 3.8) is 0 Å². The summed E-state index contributed by atoms with van der Waals surface area (Å²) >= 11 is 0. The first-order chi connectivity index (χ1) is 7.83. The van der Waals surface area contributed by atoms with E-state index in [0.717, 1.165) is 25.1 Å². The van der Waals surface area contributed by atoms with Crippen LogP contribution in [0.15, 0.2) is 24.3 Å². The van der Waals surface area contributed by atoms with Crippen LogP contribution in [-0.2, 0) is 0 Å². The molecular formula is C14H20FN. The summed E-state index contributed by atoms with van der Waals surface area (Å²) in [4.78, 5) is 0. The van der Waals surface area contributed by atoms with Crippen LogP contribution in [0.3, 0.4) is 0 Å². The Morgan fingerprint density at radius 3 is 2.62 bits per heavy atom. The van der Waals surface area contributed by atoms with E-state index in [0.29, 0.717) is 11.8 Å². The molecule has 1 aliphatic rings. The van der Waals surface area contributed by atoms with Crippen LogP contribution < -0.4 is 5.32 Å². The fourth-order valence-corrected chi connectivity index (χ4v) is 2.83. The summed E-state index contributed by atoms with van der Waals surface area (Å²) in [5, 5.41) is 3.37. The van der Waals surface area contributed by atoms with Crippen molar-refractivity contribution in [3.8, 4) is 0 Å². The quantitative estimate of drug-likeness (QED) is 0.825. The van der Waals surface area contributed by atoms with Crippen molar-refractivity contribution in [1.82, 2.24) is 5.32 Å². The lowest BCUT2D eigenvalue weighted by Crippen LogP contribution is -2.31. The molecule has 88 valence electrons. The van der Waals surface area contributed by atoms with Gasteiger partial charge in [-0.1, -0.05) is 25.1 Å². The number of hydrogen-bond acceptors (Lipinski definition) is 1. The SMILES string of the molecule is CCC(c1ccccc1F)C1CCNCC1. The van der Waals surface area contributed by atoms with Crippen molar-refractivity contribution >= 4 is 0 Å². The Morgan fingerprint density at radius 1 is 1.31 bits per heavy atom. The second-order valence-corrected chi connectivity index (χ2v) is 4.62. The van der Waals surface area contributed by atoms with E-state index in [1.54, 1.807) is 12.1 Å². The zero-order valence-electron chi connectivity index (χ0n) is 9.88. The molecule has 1 nitrogen and oxygen atoms in total. The van der Waals surface area contributed by atoms with Crippen molar-refractivity contribution in [2.45, 2.75) is 32.1 Å². The number of rotatable bonds is 3. The lowest BCUT2D eigenvalue weighted by molar-refractivity contribution is 0.307. The molecule has 1 fully saturated rings. The fraction of sp³-hybridized carbons (Fsp3) is 0.571. The van der Waals surface area contributed by atoms with E-state index in [1.807, 2.05) is 12.1 Å². The number of piperidine rings is 1. The monoisotopic (exact) mass is 221 g/mol. The van der Waals surface area contributed by atoms with Crippen LogP contribution >= 0.6 is 0 Å². The minimum atomic E-state index is -0.0344. The van der Waals surface area contributed by atoms with Crippen molar-refractivity contribution in [3.05, 3.63) is 35.6 Å². The first-order valence-corrected chi connectivity index (χ1v) is 6.28. The van der Waals surface area contributed by atoms with Gasteiger partial charge in [0, 0.05) is 0 Å². The molecule has 1 heterocycles. The molecule has 0 spiro atoms. The molecule has 1 atom stereocenters. The van der Waals surface area contributed by atoms with Gasteiger partial charge in [0.15, 0.2) is 0 Å². The van der Waals surface area contributed by atoms with Gasteiger partial charge in [0.2, 0.25) is 0 Å². The van der Waals surface area contributed by atoms with Crippen LogP contribution in [0.1, 0.15) is 37.7 Å². The average Bonchev–Trinajstić information content (AvgIpc) is 2.34. The van der Waals surface area contributed by atoms with E-state index in [4.69, 9.17) is 0 Å². The summed E-state index contributed by atoms with van der Waals surface area (Å²) in [6.07, 6.45) is 3.38. The molecule has 1 aromatic carbocycles. The van der Waals surface area contributed by atoms with E-state index in [-0.39, 0.29) is 5.82 Å². The van der Waals surface area contributed by atoms with Crippen LogP contribution in [0.25, 0.3) is 0 Å². The second kappa shape index (κ2) is 5.44. The summed E-state index contributed by atoms with van der Waals surface area (Å²) in [6, 6.07) is 7.25. The maximum atomic E-state index is 13.8. The Bertz CT molecular complexity index is 331. The summed E-state index contributed by atoms with van der Waals surface area (Å²) in [5.74, 6) is 0.999. The Morgan fingerprint density at radius 2 is 2.00 bits per heavy atom. The number of hydrogen-bond donors (Lipinski definition) is 1. The van der Waals surface area contributed by atoms with Gasteiger partial charge in [0.25, 0.3) is 0 Å². The largest absolute Gasteiger partial charge is 0.317 e. The fourth-order valence-electron chi connectivity index (χ4n) is 2.83. The molecule has 0 saturated carbocycles. The average molecular weight is 221 g/mol. The highest BCUT2D eigenvalue weighted by molar-refractivity contribution is 5.22. The molecule has 0 radical (unpaired) electrons. The van der Waals surface area contributed by atoms with Gasteiger partial charge < -0.3 is 5.32 Å². The Kier molecular flexibility index (Phi) is 3.94. The van der Waals surface area contributed by atoms with Gasteiger partial charge >= 0.3 is 0 Å². The normalized spacial score (nSPS) is 19.6. The second-order valence-electron chi connectivity index (χ2n) is 4.62. The third-order valence-corrected chi connectivity index (χ3v) is 3.70. The summed E-state index contributed by atoms with van der Waals surface area (Å²) in [5.41, 5.74) is 0.914. The summed E-state index contributed by atoms with van der Waals surface area (Å²) in [6.45, 7) is 4.32. The highest BCUT2D eigenvalue weighted by atomic mass is 19.1. The van der Waals surface area contributed by atoms with Crippen LogP contribution in [-0.4, -0.2) is 13.1 Å². The van der Waals surface area contributed by atoms with Gasteiger partial charge in [-0.3, -0.25) is 0 Å². The van der Waals surface area contributed by atoms with E-state index >= 15 is 0 Å². The standard InChI is InChI=1S/C14H20FN/c1-2-12(11-7-9-16-10-8-11)13-5-3-4-6-14(13)15/h3-6,11-12,16H,2,7-10H2,1H3. The van der Waals surface area contributed by atoms with Gasteiger partial charge in [-0.15, -0.1) is 0 Å². The van der Waals surface area contributed by atoms with Crippen molar-refractivity contribution < 1.29 is 4.39 Å². The molecule has 0 aliphatic carbocycles. The van der Waals surface area contributed by atoms with Crippen molar-refractivity contribution in [2.24, 2.45) is 5.92 Å². The van der Waals surface area contributed by atoms with Gasteiger partial charge in [0.05, 0.1) is 0 Å². The third-order valence-electron chi connectivity index (χ3n) is 3.70. The molecule has 16 heavy (non-hydrogen) atoms. The molecule has 0 aromatic heterocycles. The zero-order valence-corrected chi connectivity index (χ0v) is 9.88. The maximum absolute atomic E-state index is 13.8. The third kappa shape index (κ3) is 2.43. The topological polar surface area (TPSA) is 12.0 Å². The van der Waals surface area contributed by atoms with E-state index in [2.05, 4.69) is 12.2 Å². The van der Waals surface area contributed by atoms with Crippen molar-refractivity contribution in [2.75, 3.05) is 13.1 Å². The smallest absolute Gasteiger partial charge is 0.126 e. The van der Waals surface area contributed by atoms with Gasteiger partial charge in [-0.2, -0.15) is 0 Å². The zero-order chi connectivity index (χ0) is 11.4. The van der Waals surface area contributed by atoms with Gasteiger partial charge in [0.1, 0.15) is 5.82 Å². The van der Waals surface area contributed by atoms with E-state index < -0.39 is 0 Å². The number of nitrogens with one attached hydrogen (secondary N) is 1. The molecule has 2 rings (SSSR count). The number of benzene rings is 1. The summed E-state index contributed by atoms with van der Waals surface area (Å²) < 4.78 is 13.8. The number of halogens is 1. The lowest BCUT2D eigenvalue weighted by Gasteiger charge is -2.30. The van der Waals surface area contributed by atoms with E-state index in [1.165, 1.54) is 12.8 Å². The lowest BCUT2D eigenvalue weighted by atomic mass is 9.79. The van der Waals surface area contributed by atoms with Crippen LogP contribution in [0, 0.1) is 11.7 Å². The van der Waals surface area contributed by atoms with Crippen molar-refractivity contribution in [1.29, 1.82) is 0 Å². The maximum Gasteiger partial charge on any atom is 0.126 e. The molecule has 2 heteroatoms. The predicted molar refractivity (Wildman–Crippen MR) is 65.0 cm³/mol. The van der Waals surface area contributed by atoms with E-state index in [9.17, 15) is 4.39 Å². The molecule has 1 unspecified atom stereocenters. The van der Waals surface area contributed by atoms with Crippen LogP contribution in [0.5, 0.6) is 0 Å². The molecule has 1 saturated heterocycles. The summed E-state index contributed by atoms with van der Waals surface area (Å²) in [7, 11) is 0. The van der Waals surface area contributed by atoms with Gasteiger partial charge in [-0.25, -0.2) is 4.39 Å². The molecule has 0 amide bonds. The highest BCUT2D eigenvalue weighted by Gasteiger charge is 2.25. The van der Waals surface area contributed by atoms with Crippen LogP contribution in [0.4, 0.5) is 4.39 Å².